The smallest absolute Gasteiger partial charge is 0.317 e. The van der Waals surface area contributed by atoms with Gasteiger partial charge in [-0.25, -0.2) is 4.79 Å². The Hall–Kier alpha value is -2.41. The maximum absolute atomic E-state index is 11.9. The summed E-state index contributed by atoms with van der Waals surface area (Å²) < 4.78 is 5.80. The lowest BCUT2D eigenvalue weighted by atomic mass is 10.0. The highest BCUT2D eigenvalue weighted by Gasteiger charge is 2.31. The number of aromatic nitrogens is 2. The number of hydrogen-bond acceptors (Lipinski definition) is 5. The van der Waals surface area contributed by atoms with Gasteiger partial charge in [-0.05, 0) is 31.5 Å². The number of likely N-dealkylation sites (tertiary alicyclic amines) is 1. The first-order valence-electron chi connectivity index (χ1n) is 8.44. The number of rotatable bonds is 4. The molecular weight excluding hydrogens is 306 g/mol. The van der Waals surface area contributed by atoms with Gasteiger partial charge in [0.25, 0.3) is 0 Å². The molecule has 1 aromatic heterocycles. The van der Waals surface area contributed by atoms with Gasteiger partial charge in [0.1, 0.15) is 0 Å². The van der Waals surface area contributed by atoms with Crippen LogP contribution in [0.5, 0.6) is 0 Å². The molecule has 7 heteroatoms. The summed E-state index contributed by atoms with van der Waals surface area (Å²) in [6.07, 6.45) is 2.14. The summed E-state index contributed by atoms with van der Waals surface area (Å²) in [6, 6.07) is 10.1. The van der Waals surface area contributed by atoms with Gasteiger partial charge < -0.3 is 14.6 Å². The Morgan fingerprint density at radius 1 is 1.21 bits per heavy atom. The molecule has 7 nitrogen and oxygen atoms in total. The molecular formula is C17H21N5O2. The zero-order valence-electron chi connectivity index (χ0n) is 13.5. The molecule has 2 aromatic rings. The Morgan fingerprint density at radius 2 is 2.08 bits per heavy atom. The number of carbonyl (C=O) groups excluding carboxylic acids is 1. The predicted molar refractivity (Wildman–Crippen MR) is 88.1 cm³/mol. The molecule has 2 amide bonds. The molecule has 0 spiro atoms. The minimum atomic E-state index is 0.0611. The Kier molecular flexibility index (Phi) is 4.17. The van der Waals surface area contributed by atoms with Gasteiger partial charge in [0.15, 0.2) is 0 Å². The molecule has 1 N–H and O–H groups in total. The summed E-state index contributed by atoms with van der Waals surface area (Å²) in [6.45, 7) is 4.03. The topological polar surface area (TPSA) is 74.5 Å². The van der Waals surface area contributed by atoms with Crippen LogP contribution in [0.15, 0.2) is 34.7 Å². The highest BCUT2D eigenvalue weighted by Crippen LogP contribution is 2.21. The van der Waals surface area contributed by atoms with Crippen molar-refractivity contribution in [3.63, 3.8) is 0 Å². The number of carbonyl (C=O) groups is 1. The Bertz CT molecular complexity index is 702. The summed E-state index contributed by atoms with van der Waals surface area (Å²) in [5.74, 6) is 1.18. The first-order chi connectivity index (χ1) is 11.8. The molecule has 0 bridgehead atoms. The van der Waals surface area contributed by atoms with Gasteiger partial charge in [0.05, 0.1) is 6.54 Å². The van der Waals surface area contributed by atoms with Crippen LogP contribution in [-0.4, -0.2) is 58.2 Å². The molecule has 1 atom stereocenters. The van der Waals surface area contributed by atoms with Gasteiger partial charge in [-0.1, -0.05) is 18.2 Å². The second-order valence-electron chi connectivity index (χ2n) is 6.32. The third-order valence-electron chi connectivity index (χ3n) is 4.66. The zero-order chi connectivity index (χ0) is 16.4. The van der Waals surface area contributed by atoms with Crippen molar-refractivity contribution in [2.75, 3.05) is 26.2 Å². The number of urea groups is 1. The fourth-order valence-electron chi connectivity index (χ4n) is 3.47. The van der Waals surface area contributed by atoms with Crippen molar-refractivity contribution >= 4 is 6.03 Å². The summed E-state index contributed by atoms with van der Waals surface area (Å²) in [5, 5.41) is 11.2. The molecule has 4 rings (SSSR count). The molecule has 3 heterocycles. The molecule has 2 aliphatic rings. The Labute approximate surface area is 140 Å². The van der Waals surface area contributed by atoms with Gasteiger partial charge in [-0.15, -0.1) is 10.2 Å². The Balaban J connectivity index is 1.40. The standard InChI is InChI=1S/C17H21N5O2/c23-17-18-8-10-22(17)14-7-4-9-21(11-14)12-15-19-20-16(24-15)13-5-2-1-3-6-13/h1-3,5-6,14H,4,7-12H2,(H,18,23)/t14-/m1/s1. The van der Waals surface area contributed by atoms with Crippen LogP contribution in [0.25, 0.3) is 11.5 Å². The van der Waals surface area contributed by atoms with Gasteiger partial charge in [-0.2, -0.15) is 0 Å². The number of benzene rings is 1. The van der Waals surface area contributed by atoms with Gasteiger partial charge in [0.2, 0.25) is 11.8 Å². The number of hydrogen-bond donors (Lipinski definition) is 1. The average molecular weight is 327 g/mol. The zero-order valence-corrected chi connectivity index (χ0v) is 13.5. The normalized spacial score (nSPS) is 21.9. The lowest BCUT2D eigenvalue weighted by Crippen LogP contribution is -2.48. The van der Waals surface area contributed by atoms with E-state index in [2.05, 4.69) is 20.4 Å². The van der Waals surface area contributed by atoms with Gasteiger partial charge in [-0.3, -0.25) is 4.90 Å². The largest absolute Gasteiger partial charge is 0.419 e. The van der Waals surface area contributed by atoms with Crippen LogP contribution in [0.3, 0.4) is 0 Å². The van der Waals surface area contributed by atoms with Crippen LogP contribution < -0.4 is 5.32 Å². The lowest BCUT2D eigenvalue weighted by Gasteiger charge is -2.36. The van der Waals surface area contributed by atoms with Crippen LogP contribution in [0.4, 0.5) is 4.79 Å². The van der Waals surface area contributed by atoms with Crippen molar-refractivity contribution in [1.82, 2.24) is 25.3 Å². The van der Waals surface area contributed by atoms with Crippen LogP contribution in [0.2, 0.25) is 0 Å². The van der Waals surface area contributed by atoms with Crippen LogP contribution in [-0.2, 0) is 6.54 Å². The van der Waals surface area contributed by atoms with Crippen molar-refractivity contribution in [2.45, 2.75) is 25.4 Å². The van der Waals surface area contributed by atoms with Crippen molar-refractivity contribution in [1.29, 1.82) is 0 Å². The minimum Gasteiger partial charge on any atom is -0.419 e. The quantitative estimate of drug-likeness (QED) is 0.925. The summed E-state index contributed by atoms with van der Waals surface area (Å²) in [7, 11) is 0. The molecule has 0 unspecified atom stereocenters. The monoisotopic (exact) mass is 327 g/mol. The summed E-state index contributed by atoms with van der Waals surface area (Å²) >= 11 is 0. The summed E-state index contributed by atoms with van der Waals surface area (Å²) in [5.41, 5.74) is 0.932. The van der Waals surface area contributed by atoms with Crippen molar-refractivity contribution in [3.8, 4) is 11.5 Å². The predicted octanol–water partition coefficient (Wildman–Crippen LogP) is 1.73. The first kappa shape index (κ1) is 15.1. The molecule has 1 aromatic carbocycles. The van der Waals surface area contributed by atoms with E-state index in [1.807, 2.05) is 35.2 Å². The van der Waals surface area contributed by atoms with Crippen molar-refractivity contribution in [2.24, 2.45) is 0 Å². The lowest BCUT2D eigenvalue weighted by molar-refractivity contribution is 0.115. The Morgan fingerprint density at radius 3 is 2.88 bits per heavy atom. The van der Waals surface area contributed by atoms with E-state index in [-0.39, 0.29) is 12.1 Å². The second-order valence-corrected chi connectivity index (χ2v) is 6.32. The van der Waals surface area contributed by atoms with Crippen LogP contribution in [0.1, 0.15) is 18.7 Å². The van der Waals surface area contributed by atoms with Crippen LogP contribution in [0, 0.1) is 0 Å². The maximum Gasteiger partial charge on any atom is 0.317 e. The third kappa shape index (κ3) is 3.12. The number of piperidine rings is 1. The molecule has 0 aliphatic carbocycles. The molecule has 2 aliphatic heterocycles. The number of amides is 2. The van der Waals surface area contributed by atoms with Crippen molar-refractivity contribution < 1.29 is 9.21 Å². The first-order valence-corrected chi connectivity index (χ1v) is 8.44. The van der Waals surface area contributed by atoms with E-state index in [1.165, 1.54) is 0 Å². The third-order valence-corrected chi connectivity index (χ3v) is 4.66. The fourth-order valence-corrected chi connectivity index (χ4v) is 3.47. The van der Waals surface area contributed by atoms with E-state index >= 15 is 0 Å². The summed E-state index contributed by atoms with van der Waals surface area (Å²) in [4.78, 5) is 16.1. The van der Waals surface area contributed by atoms with E-state index in [0.717, 1.165) is 44.6 Å². The molecule has 2 saturated heterocycles. The van der Waals surface area contributed by atoms with E-state index in [0.29, 0.717) is 18.3 Å². The van der Waals surface area contributed by atoms with Gasteiger partial charge >= 0.3 is 6.03 Å². The number of nitrogens with zero attached hydrogens (tertiary/aromatic N) is 4. The molecule has 24 heavy (non-hydrogen) atoms. The highest BCUT2D eigenvalue weighted by molar-refractivity contribution is 5.76. The fraction of sp³-hybridized carbons (Fsp3) is 0.471. The van der Waals surface area contributed by atoms with E-state index in [1.54, 1.807) is 0 Å². The number of nitrogens with one attached hydrogen (secondary N) is 1. The molecule has 2 fully saturated rings. The molecule has 126 valence electrons. The molecule has 0 radical (unpaired) electrons. The minimum absolute atomic E-state index is 0.0611. The van der Waals surface area contributed by atoms with E-state index < -0.39 is 0 Å². The van der Waals surface area contributed by atoms with Gasteiger partial charge in [0, 0.05) is 31.2 Å². The van der Waals surface area contributed by atoms with E-state index in [9.17, 15) is 4.79 Å². The molecule has 0 saturated carbocycles. The maximum atomic E-state index is 11.9. The highest BCUT2D eigenvalue weighted by atomic mass is 16.4. The van der Waals surface area contributed by atoms with E-state index in [4.69, 9.17) is 4.42 Å². The average Bonchev–Trinajstić information content (AvgIpc) is 3.25. The second kappa shape index (κ2) is 6.60. The van der Waals surface area contributed by atoms with Crippen LogP contribution >= 0.6 is 0 Å². The van der Waals surface area contributed by atoms with Crippen molar-refractivity contribution in [3.05, 3.63) is 36.2 Å². The SMILES string of the molecule is O=C1NCCN1[C@@H]1CCCN(Cc2nnc(-c3ccccc3)o2)C1.